The van der Waals surface area contributed by atoms with E-state index < -0.39 is 0 Å². The lowest BCUT2D eigenvalue weighted by Crippen LogP contribution is -2.04. The summed E-state index contributed by atoms with van der Waals surface area (Å²) in [6.07, 6.45) is 8.76. The molecule has 0 aliphatic carbocycles. The van der Waals surface area contributed by atoms with E-state index in [-0.39, 0.29) is 6.10 Å². The van der Waals surface area contributed by atoms with Crippen LogP contribution >= 0.6 is 0 Å². The van der Waals surface area contributed by atoms with E-state index in [9.17, 15) is 0 Å². The molecule has 0 aliphatic heterocycles. The number of rotatable bonds is 6. The zero-order chi connectivity index (χ0) is 10.9. The average molecular weight is 202 g/mol. The zero-order valence-corrected chi connectivity index (χ0v) is 9.28. The van der Waals surface area contributed by atoms with Gasteiger partial charge < -0.3 is 4.74 Å². The summed E-state index contributed by atoms with van der Waals surface area (Å²) in [5, 5.41) is 0. The van der Waals surface area contributed by atoms with Gasteiger partial charge in [0.25, 0.3) is 0 Å². The lowest BCUT2D eigenvalue weighted by atomic mass is 10.0. The van der Waals surface area contributed by atoms with E-state index in [4.69, 9.17) is 11.2 Å². The molecule has 1 rings (SSSR count). The van der Waals surface area contributed by atoms with Gasteiger partial charge >= 0.3 is 0 Å². The topological polar surface area (TPSA) is 9.23 Å². The molecular formula is C14H18O. The molecule has 0 heterocycles. The fraction of sp³-hybridized carbons (Fsp3) is 0.429. The number of benzene rings is 1. The van der Waals surface area contributed by atoms with Crippen LogP contribution in [0.1, 0.15) is 37.9 Å². The van der Waals surface area contributed by atoms with Crippen LogP contribution in [0.2, 0.25) is 0 Å². The predicted molar refractivity (Wildman–Crippen MR) is 63.5 cm³/mol. The van der Waals surface area contributed by atoms with Crippen LogP contribution in [-0.2, 0) is 4.74 Å². The summed E-state index contributed by atoms with van der Waals surface area (Å²) < 4.78 is 5.64. The van der Waals surface area contributed by atoms with Crippen LogP contribution in [-0.4, -0.2) is 6.61 Å². The van der Waals surface area contributed by atoms with Crippen molar-refractivity contribution < 1.29 is 4.74 Å². The highest BCUT2D eigenvalue weighted by Gasteiger charge is 2.09. The Balaban J connectivity index is 2.59. The lowest BCUT2D eigenvalue weighted by molar-refractivity contribution is 0.0693. The van der Waals surface area contributed by atoms with Crippen molar-refractivity contribution in [2.75, 3.05) is 6.61 Å². The van der Waals surface area contributed by atoms with Gasteiger partial charge in [-0.1, -0.05) is 56.0 Å². The molecule has 0 N–H and O–H groups in total. The van der Waals surface area contributed by atoms with Crippen LogP contribution in [0.25, 0.3) is 0 Å². The van der Waals surface area contributed by atoms with Crippen LogP contribution in [0.5, 0.6) is 0 Å². The van der Waals surface area contributed by atoms with Crippen molar-refractivity contribution in [2.45, 2.75) is 32.3 Å². The zero-order valence-electron chi connectivity index (χ0n) is 9.28. The highest BCUT2D eigenvalue weighted by Crippen LogP contribution is 2.22. The second-order valence-corrected chi connectivity index (χ2v) is 3.56. The highest BCUT2D eigenvalue weighted by atomic mass is 16.5. The van der Waals surface area contributed by atoms with E-state index in [1.54, 1.807) is 0 Å². The number of ether oxygens (including phenoxy) is 1. The van der Waals surface area contributed by atoms with Crippen LogP contribution in [0, 0.1) is 12.3 Å². The minimum Gasteiger partial charge on any atom is -0.361 e. The fourth-order valence-corrected chi connectivity index (χ4v) is 1.55. The maximum absolute atomic E-state index is 5.64. The normalized spacial score (nSPS) is 12.0. The molecule has 1 aromatic carbocycles. The molecule has 1 heteroatoms. The molecule has 0 bridgehead atoms. The molecule has 1 nitrogen and oxygen atoms in total. The van der Waals surface area contributed by atoms with Crippen LogP contribution in [0.3, 0.4) is 0 Å². The third kappa shape index (κ3) is 4.18. The minimum absolute atomic E-state index is 0.155. The molecule has 0 radical (unpaired) electrons. The third-order valence-electron chi connectivity index (χ3n) is 2.36. The Morgan fingerprint density at radius 1 is 1.33 bits per heavy atom. The molecule has 0 aliphatic rings. The summed E-state index contributed by atoms with van der Waals surface area (Å²) >= 11 is 0. The van der Waals surface area contributed by atoms with E-state index in [2.05, 4.69) is 25.0 Å². The van der Waals surface area contributed by atoms with Crippen molar-refractivity contribution >= 4 is 0 Å². The van der Waals surface area contributed by atoms with Gasteiger partial charge in [0.2, 0.25) is 0 Å². The maximum Gasteiger partial charge on any atom is 0.108 e. The molecule has 0 saturated carbocycles. The quantitative estimate of drug-likeness (QED) is 0.641. The Morgan fingerprint density at radius 2 is 2.07 bits per heavy atom. The molecule has 1 atom stereocenters. The van der Waals surface area contributed by atoms with Gasteiger partial charge in [-0.25, -0.2) is 0 Å². The summed E-state index contributed by atoms with van der Waals surface area (Å²) in [6.45, 7) is 2.58. The molecule has 15 heavy (non-hydrogen) atoms. The van der Waals surface area contributed by atoms with E-state index in [1.807, 2.05) is 18.2 Å². The molecule has 0 fully saturated rings. The Labute approximate surface area is 92.5 Å². The number of hydrogen-bond donors (Lipinski definition) is 0. The smallest absolute Gasteiger partial charge is 0.108 e. The third-order valence-corrected chi connectivity index (χ3v) is 2.36. The van der Waals surface area contributed by atoms with E-state index >= 15 is 0 Å². The largest absolute Gasteiger partial charge is 0.361 e. The van der Waals surface area contributed by atoms with Gasteiger partial charge in [0.05, 0.1) is 6.10 Å². The summed E-state index contributed by atoms with van der Waals surface area (Å²) in [5.74, 6) is 2.52. The van der Waals surface area contributed by atoms with E-state index in [1.165, 1.54) is 18.4 Å². The second kappa shape index (κ2) is 7.09. The number of unbranched alkanes of at least 4 members (excludes halogenated alkanes) is 1. The first-order valence-corrected chi connectivity index (χ1v) is 5.48. The first kappa shape index (κ1) is 11.8. The average Bonchev–Trinajstić information content (AvgIpc) is 2.30. The van der Waals surface area contributed by atoms with Gasteiger partial charge in [-0.3, -0.25) is 0 Å². The van der Waals surface area contributed by atoms with Crippen molar-refractivity contribution in [3.8, 4) is 12.3 Å². The Morgan fingerprint density at radius 3 is 2.67 bits per heavy atom. The molecule has 80 valence electrons. The summed E-state index contributed by atoms with van der Waals surface area (Å²) in [4.78, 5) is 0. The van der Waals surface area contributed by atoms with Crippen molar-refractivity contribution in [1.29, 1.82) is 0 Å². The maximum atomic E-state index is 5.64. The summed E-state index contributed by atoms with van der Waals surface area (Å²) in [6, 6.07) is 10.3. The van der Waals surface area contributed by atoms with Crippen molar-refractivity contribution in [1.82, 2.24) is 0 Å². The molecule has 1 aromatic rings. The Bertz CT molecular complexity index is 297. The van der Waals surface area contributed by atoms with E-state index in [0.717, 1.165) is 6.42 Å². The van der Waals surface area contributed by atoms with Gasteiger partial charge in [0.1, 0.15) is 6.61 Å². The first-order valence-electron chi connectivity index (χ1n) is 5.48. The summed E-state index contributed by atoms with van der Waals surface area (Å²) in [5.41, 5.74) is 1.22. The monoisotopic (exact) mass is 202 g/mol. The lowest BCUT2D eigenvalue weighted by Gasteiger charge is -2.16. The van der Waals surface area contributed by atoms with Gasteiger partial charge in [-0.2, -0.15) is 0 Å². The SMILES string of the molecule is C#CCOC(CCCC)c1ccccc1. The molecular weight excluding hydrogens is 184 g/mol. The molecule has 0 spiro atoms. The van der Waals surface area contributed by atoms with Crippen LogP contribution in [0.4, 0.5) is 0 Å². The van der Waals surface area contributed by atoms with E-state index in [0.29, 0.717) is 6.61 Å². The molecule has 0 aromatic heterocycles. The van der Waals surface area contributed by atoms with Gasteiger partial charge in [-0.15, -0.1) is 6.42 Å². The minimum atomic E-state index is 0.155. The second-order valence-electron chi connectivity index (χ2n) is 3.56. The van der Waals surface area contributed by atoms with Gasteiger partial charge in [-0.05, 0) is 12.0 Å². The van der Waals surface area contributed by atoms with Crippen LogP contribution in [0.15, 0.2) is 30.3 Å². The van der Waals surface area contributed by atoms with Crippen molar-refractivity contribution in [3.05, 3.63) is 35.9 Å². The first-order chi connectivity index (χ1) is 7.38. The molecule has 0 saturated heterocycles. The van der Waals surface area contributed by atoms with Crippen molar-refractivity contribution in [3.63, 3.8) is 0 Å². The van der Waals surface area contributed by atoms with Gasteiger partial charge in [0.15, 0.2) is 0 Å². The molecule has 0 amide bonds. The standard InChI is InChI=1S/C14H18O/c1-3-5-11-14(15-12-4-2)13-9-7-6-8-10-13/h2,6-10,14H,3,5,11-12H2,1H3. The predicted octanol–water partition coefficient (Wildman–Crippen LogP) is 3.57. The Hall–Kier alpha value is -1.26. The van der Waals surface area contributed by atoms with Crippen molar-refractivity contribution in [2.24, 2.45) is 0 Å². The fourth-order valence-electron chi connectivity index (χ4n) is 1.55. The summed E-state index contributed by atoms with van der Waals surface area (Å²) in [7, 11) is 0. The highest BCUT2D eigenvalue weighted by molar-refractivity contribution is 5.17. The Kier molecular flexibility index (Phi) is 5.58. The van der Waals surface area contributed by atoms with Gasteiger partial charge in [0, 0.05) is 0 Å². The number of hydrogen-bond acceptors (Lipinski definition) is 1. The molecule has 1 unspecified atom stereocenters. The number of terminal acetylenes is 1. The van der Waals surface area contributed by atoms with Crippen LogP contribution < -0.4 is 0 Å².